The lowest BCUT2D eigenvalue weighted by atomic mass is 10.4. The van der Waals surface area contributed by atoms with E-state index in [-0.39, 0.29) is 10.1 Å². The summed E-state index contributed by atoms with van der Waals surface area (Å²) in [6.45, 7) is 0. The zero-order valence-corrected chi connectivity index (χ0v) is 9.47. The molecule has 0 amide bonds. The minimum Gasteiger partial charge on any atom is -0.262 e. The highest BCUT2D eigenvalue weighted by molar-refractivity contribution is 7.87. The minimum absolute atomic E-state index is 0.0123. The summed E-state index contributed by atoms with van der Waals surface area (Å²) < 4.78 is 28.0. The number of rotatable bonds is 3. The maximum atomic E-state index is 11.7. The van der Waals surface area contributed by atoms with E-state index in [1.165, 1.54) is 12.1 Å². The molecule has 0 N–H and O–H groups in total. The second-order valence-corrected chi connectivity index (χ2v) is 4.62. The van der Waals surface area contributed by atoms with Gasteiger partial charge in [-0.25, -0.2) is 0 Å². The quantitative estimate of drug-likeness (QED) is 0.766. The maximum absolute atomic E-state index is 11.7. The summed E-state index contributed by atoms with van der Waals surface area (Å²) in [5, 5.41) is 9.82. The van der Waals surface area contributed by atoms with Gasteiger partial charge in [0.25, 0.3) is 0 Å². The van der Waals surface area contributed by atoms with Crippen LogP contribution in [-0.2, 0) is 10.1 Å². The van der Waals surface area contributed by atoms with Crippen molar-refractivity contribution in [2.24, 2.45) is 0 Å². The molecule has 0 unspecified atom stereocenters. The van der Waals surface area contributed by atoms with Crippen LogP contribution in [0.15, 0.2) is 40.4 Å². The van der Waals surface area contributed by atoms with Crippen LogP contribution in [0.3, 0.4) is 0 Å². The fourth-order valence-electron chi connectivity index (χ4n) is 0.946. The summed E-state index contributed by atoms with van der Waals surface area (Å²) in [6, 6.07) is 7.66. The largest absolute Gasteiger partial charge is 0.358 e. The SMILES string of the molecule is O=S(=O)(On1nnnc1S)c1ccccc1. The average Bonchev–Trinajstić information content (AvgIpc) is 2.65. The predicted molar refractivity (Wildman–Crippen MR) is 55.3 cm³/mol. The lowest BCUT2D eigenvalue weighted by Crippen LogP contribution is -2.21. The molecule has 9 heteroatoms. The molecule has 1 aromatic heterocycles. The van der Waals surface area contributed by atoms with Gasteiger partial charge in [0.05, 0.1) is 0 Å². The van der Waals surface area contributed by atoms with Crippen molar-refractivity contribution in [2.45, 2.75) is 10.1 Å². The van der Waals surface area contributed by atoms with Gasteiger partial charge in [-0.05, 0) is 27.4 Å². The highest BCUT2D eigenvalue weighted by atomic mass is 32.2. The van der Waals surface area contributed by atoms with E-state index in [1.54, 1.807) is 18.2 Å². The Morgan fingerprint density at radius 2 is 1.94 bits per heavy atom. The first-order valence-corrected chi connectivity index (χ1v) is 5.92. The summed E-state index contributed by atoms with van der Waals surface area (Å²) in [4.78, 5) is 0.629. The minimum atomic E-state index is -3.93. The second kappa shape index (κ2) is 4.10. The van der Waals surface area contributed by atoms with Crippen molar-refractivity contribution in [1.29, 1.82) is 0 Å². The summed E-state index contributed by atoms with van der Waals surface area (Å²) in [5.41, 5.74) is 0. The summed E-state index contributed by atoms with van der Waals surface area (Å²) in [5.74, 6) is 0. The van der Waals surface area contributed by atoms with E-state index in [0.717, 1.165) is 0 Å². The van der Waals surface area contributed by atoms with Gasteiger partial charge in [0, 0.05) is 0 Å². The van der Waals surface area contributed by atoms with E-state index >= 15 is 0 Å². The molecular formula is C7H6N4O3S2. The van der Waals surface area contributed by atoms with Gasteiger partial charge in [-0.15, -0.1) is 0 Å². The van der Waals surface area contributed by atoms with Crippen molar-refractivity contribution in [2.75, 3.05) is 0 Å². The van der Waals surface area contributed by atoms with Gasteiger partial charge in [0.15, 0.2) is 0 Å². The Morgan fingerprint density at radius 3 is 2.50 bits per heavy atom. The molecule has 0 aliphatic carbocycles. The molecule has 2 aromatic rings. The Balaban J connectivity index is 2.32. The van der Waals surface area contributed by atoms with Crippen LogP contribution >= 0.6 is 12.6 Å². The van der Waals surface area contributed by atoms with E-state index in [9.17, 15) is 8.42 Å². The Bertz CT molecular complexity index is 581. The summed E-state index contributed by atoms with van der Waals surface area (Å²) in [7, 11) is -3.93. The first kappa shape index (κ1) is 10.9. The Morgan fingerprint density at radius 1 is 1.25 bits per heavy atom. The third-order valence-electron chi connectivity index (χ3n) is 1.63. The fourth-order valence-corrected chi connectivity index (χ4v) is 1.98. The van der Waals surface area contributed by atoms with Crippen LogP contribution < -0.4 is 4.28 Å². The maximum Gasteiger partial charge on any atom is 0.358 e. The first-order valence-electron chi connectivity index (χ1n) is 4.07. The van der Waals surface area contributed by atoms with Crippen LogP contribution in [0.5, 0.6) is 0 Å². The van der Waals surface area contributed by atoms with Crippen LogP contribution in [-0.4, -0.2) is 28.8 Å². The van der Waals surface area contributed by atoms with Gasteiger partial charge in [0.1, 0.15) is 4.90 Å². The van der Waals surface area contributed by atoms with Gasteiger partial charge in [-0.2, -0.15) is 8.42 Å². The van der Waals surface area contributed by atoms with Crippen molar-refractivity contribution in [3.8, 4) is 0 Å². The number of thiol groups is 1. The molecule has 1 aromatic carbocycles. The zero-order chi connectivity index (χ0) is 11.6. The van der Waals surface area contributed by atoms with E-state index < -0.39 is 10.1 Å². The molecule has 0 saturated heterocycles. The van der Waals surface area contributed by atoms with Crippen LogP contribution in [0.4, 0.5) is 0 Å². The standard InChI is InChI=1S/C7H6N4O3S2/c12-16(13,6-4-2-1-3-5-6)14-11-7(15)8-9-10-11/h1-5H,(H,8,10,15). The number of tetrazole rings is 1. The fraction of sp³-hybridized carbons (Fsp3) is 0. The number of hydrogen-bond donors (Lipinski definition) is 1. The molecule has 1 heterocycles. The van der Waals surface area contributed by atoms with Crippen LogP contribution in [0.2, 0.25) is 0 Å². The van der Waals surface area contributed by atoms with Gasteiger partial charge in [0.2, 0.25) is 5.16 Å². The average molecular weight is 258 g/mol. The van der Waals surface area contributed by atoms with Crippen LogP contribution in [0, 0.1) is 0 Å². The monoisotopic (exact) mass is 258 g/mol. The highest BCUT2D eigenvalue weighted by Gasteiger charge is 2.18. The predicted octanol–water partition coefficient (Wildman–Crippen LogP) is -0.221. The smallest absolute Gasteiger partial charge is 0.262 e. The molecular weight excluding hydrogens is 252 g/mol. The van der Waals surface area contributed by atoms with E-state index in [1.807, 2.05) is 0 Å². The van der Waals surface area contributed by atoms with Crippen molar-refractivity contribution < 1.29 is 12.7 Å². The molecule has 0 aliphatic rings. The Kier molecular flexibility index (Phi) is 2.79. The molecule has 0 aliphatic heterocycles. The summed E-state index contributed by atoms with van der Waals surface area (Å²) >= 11 is 3.81. The lowest BCUT2D eigenvalue weighted by Gasteiger charge is -2.04. The van der Waals surface area contributed by atoms with Gasteiger partial charge in [-0.3, -0.25) is 4.28 Å². The lowest BCUT2D eigenvalue weighted by molar-refractivity contribution is 0.208. The topological polar surface area (TPSA) is 87.0 Å². The van der Waals surface area contributed by atoms with Crippen LogP contribution in [0.25, 0.3) is 0 Å². The molecule has 0 atom stereocenters. The molecule has 0 fully saturated rings. The molecule has 16 heavy (non-hydrogen) atoms. The zero-order valence-electron chi connectivity index (χ0n) is 7.76. The second-order valence-electron chi connectivity index (χ2n) is 2.69. The molecule has 7 nitrogen and oxygen atoms in total. The van der Waals surface area contributed by atoms with Gasteiger partial charge < -0.3 is 0 Å². The molecule has 0 radical (unpaired) electrons. The third-order valence-corrected chi connectivity index (χ3v) is 3.07. The number of nitrogens with zero attached hydrogens (tertiary/aromatic N) is 4. The van der Waals surface area contributed by atoms with Crippen molar-refractivity contribution >= 4 is 22.7 Å². The Hall–Kier alpha value is -1.61. The number of benzene rings is 1. The highest BCUT2D eigenvalue weighted by Crippen LogP contribution is 2.09. The molecule has 84 valence electrons. The van der Waals surface area contributed by atoms with E-state index in [0.29, 0.717) is 4.85 Å². The van der Waals surface area contributed by atoms with E-state index in [2.05, 4.69) is 32.4 Å². The van der Waals surface area contributed by atoms with Gasteiger partial charge in [-0.1, -0.05) is 35.9 Å². The molecule has 2 rings (SSSR count). The van der Waals surface area contributed by atoms with Gasteiger partial charge >= 0.3 is 10.1 Å². The molecule has 0 saturated carbocycles. The third kappa shape index (κ3) is 2.14. The number of hydrogen-bond acceptors (Lipinski definition) is 7. The normalized spacial score (nSPS) is 11.3. The number of aromatic nitrogens is 4. The van der Waals surface area contributed by atoms with Crippen molar-refractivity contribution in [3.63, 3.8) is 0 Å². The Labute approximate surface area is 96.5 Å². The van der Waals surface area contributed by atoms with E-state index in [4.69, 9.17) is 0 Å². The molecule has 0 spiro atoms. The summed E-state index contributed by atoms with van der Waals surface area (Å²) in [6.07, 6.45) is 0. The first-order chi connectivity index (χ1) is 7.59. The molecule has 0 bridgehead atoms. The van der Waals surface area contributed by atoms with Crippen molar-refractivity contribution in [1.82, 2.24) is 20.4 Å². The van der Waals surface area contributed by atoms with Crippen molar-refractivity contribution in [3.05, 3.63) is 30.3 Å². The van der Waals surface area contributed by atoms with Crippen LogP contribution in [0.1, 0.15) is 0 Å².